The Morgan fingerprint density at radius 2 is 1.85 bits per heavy atom. The van der Waals surface area contributed by atoms with Crippen molar-refractivity contribution in [3.8, 4) is 0 Å². The molecule has 0 heterocycles. The summed E-state index contributed by atoms with van der Waals surface area (Å²) in [5.41, 5.74) is 1.62. The first kappa shape index (κ1) is 20.9. The number of carbonyl (C=O) groups is 2. The van der Waals surface area contributed by atoms with E-state index in [0.717, 1.165) is 5.56 Å². The average Bonchev–Trinajstić information content (AvgIpc) is 2.63. The molecule has 0 saturated heterocycles. The number of nitrogens with one attached hydrogen (secondary N) is 1. The second kappa shape index (κ2) is 10.7. The van der Waals surface area contributed by atoms with E-state index in [9.17, 15) is 14.0 Å². The average molecular weight is 391 g/mol. The van der Waals surface area contributed by atoms with Crippen molar-refractivity contribution in [3.63, 3.8) is 0 Å². The molecule has 0 fully saturated rings. The Hall–Kier alpha value is -2.40. The van der Waals surface area contributed by atoms with E-state index in [0.29, 0.717) is 43.1 Å². The summed E-state index contributed by atoms with van der Waals surface area (Å²) in [6.45, 7) is 2.66. The lowest BCUT2D eigenvalue weighted by atomic mass is 10.1. The molecule has 0 aliphatic carbocycles. The maximum atomic E-state index is 13.7. The largest absolute Gasteiger partial charge is 0.356 e. The van der Waals surface area contributed by atoms with Crippen molar-refractivity contribution >= 4 is 23.4 Å². The number of halogens is 2. The summed E-state index contributed by atoms with van der Waals surface area (Å²) in [7, 11) is 0. The highest BCUT2D eigenvalue weighted by Crippen LogP contribution is 2.11. The van der Waals surface area contributed by atoms with Gasteiger partial charge in [0.2, 0.25) is 11.8 Å². The smallest absolute Gasteiger partial charge is 0.221 e. The van der Waals surface area contributed by atoms with Crippen molar-refractivity contribution in [1.82, 2.24) is 10.2 Å². The minimum Gasteiger partial charge on any atom is -0.356 e. The molecule has 0 atom stereocenters. The Morgan fingerprint density at radius 3 is 2.56 bits per heavy atom. The SMILES string of the molecule is CC(=O)N(CCC(=O)NCCc1cccc(Cl)c1)CCc1ccccc1F. The van der Waals surface area contributed by atoms with Gasteiger partial charge in [-0.3, -0.25) is 9.59 Å². The van der Waals surface area contributed by atoms with Crippen LogP contribution in [0.3, 0.4) is 0 Å². The second-order valence-corrected chi connectivity index (χ2v) is 6.76. The van der Waals surface area contributed by atoms with Gasteiger partial charge in [0.15, 0.2) is 0 Å². The highest BCUT2D eigenvalue weighted by molar-refractivity contribution is 6.30. The van der Waals surface area contributed by atoms with Gasteiger partial charge in [-0.1, -0.05) is 41.9 Å². The maximum Gasteiger partial charge on any atom is 0.221 e. The highest BCUT2D eigenvalue weighted by Gasteiger charge is 2.12. The molecule has 2 aromatic carbocycles. The first-order valence-corrected chi connectivity index (χ1v) is 9.33. The van der Waals surface area contributed by atoms with E-state index < -0.39 is 0 Å². The van der Waals surface area contributed by atoms with Gasteiger partial charge in [0, 0.05) is 38.0 Å². The van der Waals surface area contributed by atoms with Crippen molar-refractivity contribution in [2.75, 3.05) is 19.6 Å². The summed E-state index contributed by atoms with van der Waals surface area (Å²) < 4.78 is 13.7. The molecule has 2 amide bonds. The van der Waals surface area contributed by atoms with Crippen LogP contribution in [0.4, 0.5) is 4.39 Å². The number of benzene rings is 2. The fraction of sp³-hybridized carbons (Fsp3) is 0.333. The van der Waals surface area contributed by atoms with Crippen molar-refractivity contribution in [1.29, 1.82) is 0 Å². The van der Waals surface area contributed by atoms with Crippen LogP contribution in [0.2, 0.25) is 5.02 Å². The molecule has 4 nitrogen and oxygen atoms in total. The van der Waals surface area contributed by atoms with Gasteiger partial charge in [-0.05, 0) is 42.2 Å². The highest BCUT2D eigenvalue weighted by atomic mass is 35.5. The van der Waals surface area contributed by atoms with Gasteiger partial charge in [0.25, 0.3) is 0 Å². The summed E-state index contributed by atoms with van der Waals surface area (Å²) in [5, 5.41) is 3.52. The standard InChI is InChI=1S/C21H24ClFN2O2/c1-16(26)25(13-10-18-6-2-3-8-20(18)23)14-11-21(27)24-12-9-17-5-4-7-19(22)15-17/h2-8,15H,9-14H2,1H3,(H,24,27). The van der Waals surface area contributed by atoms with Crippen LogP contribution in [0.25, 0.3) is 0 Å². The van der Waals surface area contributed by atoms with Crippen molar-refractivity contribution in [3.05, 3.63) is 70.5 Å². The number of hydrogen-bond acceptors (Lipinski definition) is 2. The Labute approximate surface area is 164 Å². The molecule has 0 aliphatic heterocycles. The van der Waals surface area contributed by atoms with Gasteiger partial charge >= 0.3 is 0 Å². The first-order valence-electron chi connectivity index (χ1n) is 8.96. The summed E-state index contributed by atoms with van der Waals surface area (Å²) in [4.78, 5) is 25.4. The van der Waals surface area contributed by atoms with Crippen molar-refractivity contribution in [2.45, 2.75) is 26.2 Å². The number of hydrogen-bond donors (Lipinski definition) is 1. The van der Waals surface area contributed by atoms with E-state index in [1.54, 1.807) is 29.2 Å². The fourth-order valence-corrected chi connectivity index (χ4v) is 2.96. The zero-order valence-electron chi connectivity index (χ0n) is 15.4. The maximum absolute atomic E-state index is 13.7. The molecular formula is C21H24ClFN2O2. The zero-order chi connectivity index (χ0) is 19.6. The van der Waals surface area contributed by atoms with E-state index in [2.05, 4.69) is 5.32 Å². The first-order chi connectivity index (χ1) is 13.0. The fourth-order valence-electron chi connectivity index (χ4n) is 2.75. The second-order valence-electron chi connectivity index (χ2n) is 6.33. The van der Waals surface area contributed by atoms with Crippen molar-refractivity contribution < 1.29 is 14.0 Å². The van der Waals surface area contributed by atoms with Crippen LogP contribution in [0, 0.1) is 5.82 Å². The van der Waals surface area contributed by atoms with Gasteiger partial charge in [0.05, 0.1) is 0 Å². The van der Waals surface area contributed by atoms with Crippen LogP contribution in [-0.2, 0) is 22.4 Å². The number of amides is 2. The number of nitrogens with zero attached hydrogens (tertiary/aromatic N) is 1. The van der Waals surface area contributed by atoms with Crippen molar-refractivity contribution in [2.24, 2.45) is 0 Å². The van der Waals surface area contributed by atoms with E-state index in [4.69, 9.17) is 11.6 Å². The quantitative estimate of drug-likeness (QED) is 0.711. The lowest BCUT2D eigenvalue weighted by Crippen LogP contribution is -2.35. The van der Waals surface area contributed by atoms with E-state index >= 15 is 0 Å². The molecule has 6 heteroatoms. The van der Waals surface area contributed by atoms with Crippen LogP contribution in [0.5, 0.6) is 0 Å². The minimum absolute atomic E-state index is 0.117. The topological polar surface area (TPSA) is 49.4 Å². The molecule has 1 N–H and O–H groups in total. The van der Waals surface area contributed by atoms with Crippen LogP contribution in [0.1, 0.15) is 24.5 Å². The van der Waals surface area contributed by atoms with Crippen LogP contribution in [0.15, 0.2) is 48.5 Å². The molecule has 27 heavy (non-hydrogen) atoms. The Morgan fingerprint density at radius 1 is 1.07 bits per heavy atom. The predicted molar refractivity (Wildman–Crippen MR) is 105 cm³/mol. The Balaban J connectivity index is 1.73. The number of carbonyl (C=O) groups excluding carboxylic acids is 2. The molecular weight excluding hydrogens is 367 g/mol. The summed E-state index contributed by atoms with van der Waals surface area (Å²) in [6, 6.07) is 14.0. The molecule has 0 radical (unpaired) electrons. The van der Waals surface area contributed by atoms with Gasteiger partial charge in [-0.2, -0.15) is 0 Å². The lowest BCUT2D eigenvalue weighted by Gasteiger charge is -2.21. The summed E-state index contributed by atoms with van der Waals surface area (Å²) in [5.74, 6) is -0.521. The van der Waals surface area contributed by atoms with Gasteiger partial charge in [0.1, 0.15) is 5.82 Å². The normalized spacial score (nSPS) is 10.5. The molecule has 2 rings (SSSR count). The van der Waals surface area contributed by atoms with Gasteiger partial charge < -0.3 is 10.2 Å². The predicted octanol–water partition coefficient (Wildman–Crippen LogP) is 3.62. The van der Waals surface area contributed by atoms with Crippen LogP contribution >= 0.6 is 11.6 Å². The summed E-state index contributed by atoms with van der Waals surface area (Å²) >= 11 is 5.94. The molecule has 0 unspecified atom stereocenters. The Kier molecular flexibility index (Phi) is 8.27. The van der Waals surface area contributed by atoms with Crippen LogP contribution < -0.4 is 5.32 Å². The van der Waals surface area contributed by atoms with E-state index in [1.165, 1.54) is 13.0 Å². The molecule has 0 aliphatic rings. The monoisotopic (exact) mass is 390 g/mol. The van der Waals surface area contributed by atoms with E-state index in [-0.39, 0.29) is 24.1 Å². The van der Waals surface area contributed by atoms with E-state index in [1.807, 2.05) is 18.2 Å². The molecule has 0 aromatic heterocycles. The third-order valence-corrected chi connectivity index (χ3v) is 4.52. The zero-order valence-corrected chi connectivity index (χ0v) is 16.1. The molecule has 0 saturated carbocycles. The third kappa shape index (κ3) is 7.39. The number of rotatable bonds is 9. The molecule has 144 valence electrons. The van der Waals surface area contributed by atoms with Gasteiger partial charge in [-0.25, -0.2) is 4.39 Å². The third-order valence-electron chi connectivity index (χ3n) is 4.29. The minimum atomic E-state index is -0.278. The van der Waals surface area contributed by atoms with Crippen LogP contribution in [-0.4, -0.2) is 36.3 Å². The lowest BCUT2D eigenvalue weighted by molar-refractivity contribution is -0.129. The molecule has 0 bridgehead atoms. The molecule has 2 aromatic rings. The molecule has 0 spiro atoms. The Bertz CT molecular complexity index is 782. The summed E-state index contributed by atoms with van der Waals surface area (Å²) in [6.07, 6.45) is 1.32. The van der Waals surface area contributed by atoms with Gasteiger partial charge in [-0.15, -0.1) is 0 Å².